The fraction of sp³-hybridized carbons (Fsp3) is 0.0952. The number of pyridine rings is 2. The molecule has 0 aliphatic rings. The van der Waals surface area contributed by atoms with Gasteiger partial charge in [-0.1, -0.05) is 30.3 Å². The highest BCUT2D eigenvalue weighted by Crippen LogP contribution is 2.25. The topological polar surface area (TPSA) is 136 Å². The van der Waals surface area contributed by atoms with Crippen molar-refractivity contribution in [1.82, 2.24) is 9.97 Å². The van der Waals surface area contributed by atoms with Crippen LogP contribution in [0.1, 0.15) is 52.6 Å². The van der Waals surface area contributed by atoms with Crippen LogP contribution in [0.4, 0.5) is 28.9 Å². The summed E-state index contributed by atoms with van der Waals surface area (Å²) >= 11 is 0. The Bertz CT molecular complexity index is 2180. The molecule has 284 valence electrons. The Morgan fingerprint density at radius 2 is 1.00 bits per heavy atom. The number of hydrogen-bond acceptors (Lipinski definition) is 8. The van der Waals surface area contributed by atoms with Crippen LogP contribution in [0.5, 0.6) is 0 Å². The van der Waals surface area contributed by atoms with E-state index in [1.807, 2.05) is 0 Å². The SMILES string of the molecule is COC(=O)c1ccc(CN(C(=O)c2ccncc2)c2cccc(F)c2)c(F)c1.NCC(=O)c1ccc(CN(C(=O)c2ccncc2)c2cccc(F)c2)c(F)c1. The number of Topliss-reactive ketones (excluding diaryl/α,β-unsaturated/α-hetero) is 1. The maximum Gasteiger partial charge on any atom is 0.337 e. The maximum absolute atomic E-state index is 14.6. The van der Waals surface area contributed by atoms with E-state index >= 15 is 0 Å². The lowest BCUT2D eigenvalue weighted by atomic mass is 10.1. The molecule has 0 radical (unpaired) electrons. The third-order valence-electron chi connectivity index (χ3n) is 8.28. The fourth-order valence-electron chi connectivity index (χ4n) is 5.38. The highest BCUT2D eigenvalue weighted by Gasteiger charge is 2.22. The van der Waals surface area contributed by atoms with Gasteiger partial charge in [-0.25, -0.2) is 22.4 Å². The molecule has 0 saturated carbocycles. The quantitative estimate of drug-likeness (QED) is 0.0823. The zero-order valence-corrected chi connectivity index (χ0v) is 29.7. The second kappa shape index (κ2) is 18.8. The van der Waals surface area contributed by atoms with Crippen molar-refractivity contribution < 1.29 is 41.5 Å². The van der Waals surface area contributed by atoms with Gasteiger partial charge in [0.25, 0.3) is 11.8 Å². The molecule has 56 heavy (non-hydrogen) atoms. The lowest BCUT2D eigenvalue weighted by Gasteiger charge is -2.23. The van der Waals surface area contributed by atoms with Crippen molar-refractivity contribution >= 4 is 34.9 Å². The fourth-order valence-corrected chi connectivity index (χ4v) is 5.38. The molecule has 0 aliphatic heterocycles. The van der Waals surface area contributed by atoms with Crippen molar-refractivity contribution in [3.63, 3.8) is 0 Å². The number of benzene rings is 4. The van der Waals surface area contributed by atoms with Crippen LogP contribution in [0.2, 0.25) is 0 Å². The van der Waals surface area contributed by atoms with Crippen LogP contribution >= 0.6 is 0 Å². The number of nitrogens with two attached hydrogens (primary N) is 1. The van der Waals surface area contributed by atoms with Gasteiger partial charge < -0.3 is 20.3 Å². The Kier molecular flexibility index (Phi) is 13.5. The molecule has 0 spiro atoms. The number of ether oxygens (including phenoxy) is 1. The summed E-state index contributed by atoms with van der Waals surface area (Å²) in [7, 11) is 1.20. The molecule has 2 heterocycles. The van der Waals surface area contributed by atoms with E-state index in [-0.39, 0.29) is 59.0 Å². The lowest BCUT2D eigenvalue weighted by molar-refractivity contribution is 0.0599. The molecular formula is C42H33F4N5O5. The van der Waals surface area contributed by atoms with Gasteiger partial charge in [0.1, 0.15) is 23.3 Å². The molecule has 2 aromatic heterocycles. The average molecular weight is 764 g/mol. The van der Waals surface area contributed by atoms with Gasteiger partial charge in [-0.15, -0.1) is 0 Å². The molecule has 0 saturated heterocycles. The molecule has 0 bridgehead atoms. The van der Waals surface area contributed by atoms with E-state index in [9.17, 15) is 36.7 Å². The summed E-state index contributed by atoms with van der Waals surface area (Å²) in [6, 6.07) is 24.9. The number of anilines is 2. The number of carbonyl (C=O) groups is 4. The minimum absolute atomic E-state index is 0.0570. The molecule has 2 N–H and O–H groups in total. The molecule has 0 unspecified atom stereocenters. The van der Waals surface area contributed by atoms with Crippen molar-refractivity contribution in [1.29, 1.82) is 0 Å². The van der Waals surface area contributed by atoms with Gasteiger partial charge in [0.15, 0.2) is 5.78 Å². The number of carbonyl (C=O) groups excluding carboxylic acids is 4. The summed E-state index contributed by atoms with van der Waals surface area (Å²) in [5, 5.41) is 0. The maximum atomic E-state index is 14.6. The molecule has 0 aliphatic carbocycles. The predicted molar refractivity (Wildman–Crippen MR) is 200 cm³/mol. The van der Waals surface area contributed by atoms with E-state index in [0.717, 1.165) is 12.1 Å². The molecule has 0 atom stereocenters. The number of hydrogen-bond donors (Lipinski definition) is 1. The molecule has 14 heteroatoms. The second-order valence-electron chi connectivity index (χ2n) is 11.9. The van der Waals surface area contributed by atoms with Gasteiger partial charge in [0.05, 0.1) is 32.3 Å². The number of amides is 2. The Morgan fingerprint density at radius 1 is 0.571 bits per heavy atom. The highest BCUT2D eigenvalue weighted by atomic mass is 19.1. The van der Waals surface area contributed by atoms with Gasteiger partial charge in [0.2, 0.25) is 0 Å². The molecule has 4 aromatic carbocycles. The van der Waals surface area contributed by atoms with Crippen LogP contribution in [0, 0.1) is 23.3 Å². The van der Waals surface area contributed by atoms with E-state index in [0.29, 0.717) is 11.1 Å². The van der Waals surface area contributed by atoms with E-state index in [2.05, 4.69) is 14.7 Å². The highest BCUT2D eigenvalue weighted by molar-refractivity contribution is 6.06. The zero-order chi connectivity index (χ0) is 40.2. The van der Waals surface area contributed by atoms with E-state index in [4.69, 9.17) is 5.73 Å². The summed E-state index contributed by atoms with van der Waals surface area (Å²) in [5.74, 6) is -4.30. The second-order valence-corrected chi connectivity index (χ2v) is 11.9. The number of aromatic nitrogens is 2. The van der Waals surface area contributed by atoms with Crippen LogP contribution in [0.3, 0.4) is 0 Å². The van der Waals surface area contributed by atoms with Crippen molar-refractivity contribution in [3.8, 4) is 0 Å². The van der Waals surface area contributed by atoms with Crippen molar-refractivity contribution in [3.05, 3.63) is 191 Å². The number of rotatable bonds is 11. The predicted octanol–water partition coefficient (Wildman–Crippen LogP) is 7.34. The average Bonchev–Trinajstić information content (AvgIpc) is 3.22. The van der Waals surface area contributed by atoms with Gasteiger partial charge in [0, 0.05) is 64.0 Å². The summed E-state index contributed by atoms with van der Waals surface area (Å²) < 4.78 is 61.1. The minimum Gasteiger partial charge on any atom is -0.465 e. The Morgan fingerprint density at radius 3 is 1.39 bits per heavy atom. The monoisotopic (exact) mass is 763 g/mol. The molecule has 0 fully saturated rings. The third-order valence-corrected chi connectivity index (χ3v) is 8.28. The van der Waals surface area contributed by atoms with Crippen LogP contribution in [0.25, 0.3) is 0 Å². The zero-order valence-electron chi connectivity index (χ0n) is 29.7. The first-order valence-corrected chi connectivity index (χ1v) is 16.8. The lowest BCUT2D eigenvalue weighted by Crippen LogP contribution is -2.31. The largest absolute Gasteiger partial charge is 0.465 e. The van der Waals surface area contributed by atoms with Crippen LogP contribution < -0.4 is 15.5 Å². The van der Waals surface area contributed by atoms with Crippen LogP contribution in [0.15, 0.2) is 134 Å². The van der Waals surface area contributed by atoms with E-state index in [1.54, 1.807) is 12.1 Å². The third kappa shape index (κ3) is 10.1. The number of nitrogens with zero attached hydrogens (tertiary/aromatic N) is 4. The van der Waals surface area contributed by atoms with Crippen molar-refractivity contribution in [2.75, 3.05) is 23.5 Å². The normalized spacial score (nSPS) is 10.5. The first kappa shape index (κ1) is 40.1. The summed E-state index contributed by atoms with van der Waals surface area (Å²) in [6.45, 7) is -0.528. The smallest absolute Gasteiger partial charge is 0.337 e. The van der Waals surface area contributed by atoms with Crippen LogP contribution in [-0.2, 0) is 17.8 Å². The first-order valence-electron chi connectivity index (χ1n) is 16.8. The van der Waals surface area contributed by atoms with E-state index in [1.165, 1.54) is 127 Å². The first-order chi connectivity index (χ1) is 27.0. The summed E-state index contributed by atoms with van der Waals surface area (Å²) in [6.07, 6.45) is 5.85. The Labute approximate surface area is 318 Å². The molecule has 2 amide bonds. The Balaban J connectivity index is 0.000000214. The van der Waals surface area contributed by atoms with Crippen molar-refractivity contribution in [2.24, 2.45) is 5.73 Å². The number of halogens is 4. The summed E-state index contributed by atoms with van der Waals surface area (Å²) in [4.78, 5) is 59.4. The molecular weight excluding hydrogens is 730 g/mol. The minimum atomic E-state index is -0.674. The number of methoxy groups -OCH3 is 1. The van der Waals surface area contributed by atoms with Gasteiger partial charge in [-0.3, -0.25) is 24.4 Å². The van der Waals surface area contributed by atoms with Crippen LogP contribution in [-0.4, -0.2) is 47.2 Å². The molecule has 6 aromatic rings. The Hall–Kier alpha value is -7.06. The number of esters is 1. The van der Waals surface area contributed by atoms with Crippen molar-refractivity contribution in [2.45, 2.75) is 13.1 Å². The summed E-state index contributed by atoms with van der Waals surface area (Å²) in [5.41, 5.74) is 7.07. The standard InChI is InChI=1S/C21H17F2N3O2.C21H16F2N2O3/c22-17-2-1-3-18(11-17)26(21(28)14-6-8-25-9-7-14)13-16-5-4-15(10-19(16)23)20(27)12-24;1-28-21(27)15-5-6-16(19(23)11-15)13-25(18-4-2-3-17(22)12-18)20(26)14-7-9-24-10-8-14/h1-11H,12-13,24H2;2-12H,13H2,1H3. The van der Waals surface area contributed by atoms with E-state index < -0.39 is 41.1 Å². The molecule has 6 rings (SSSR count). The van der Waals surface area contributed by atoms with Gasteiger partial charge in [-0.2, -0.15) is 0 Å². The molecule has 10 nitrogen and oxygen atoms in total. The van der Waals surface area contributed by atoms with Gasteiger partial charge in [-0.05, 0) is 78.9 Å². The number of ketones is 1. The van der Waals surface area contributed by atoms with Gasteiger partial charge >= 0.3 is 5.97 Å².